The molecule has 0 bridgehead atoms. The highest BCUT2D eigenvalue weighted by Crippen LogP contribution is 1.96. The van der Waals surface area contributed by atoms with Gasteiger partial charge in [-0.3, -0.25) is 9.59 Å². The number of rotatable bonds is 2. The normalized spacial score (nSPS) is 9.20. The molecular weight excluding hydrogens is 134 g/mol. The fourth-order valence-corrected chi connectivity index (χ4v) is 0.590. The van der Waals surface area contributed by atoms with Gasteiger partial charge in [-0.15, -0.1) is 0 Å². The topological polar surface area (TPSA) is 88.8 Å². The molecule has 0 aromatic carbocycles. The Bertz CT molecular complexity index is 266. The molecule has 1 heterocycles. The molecule has 0 atom stereocenters. The number of primary amides is 1. The zero-order valence-electron chi connectivity index (χ0n) is 5.00. The largest absolute Gasteiger partial charge is 0.364 e. The van der Waals surface area contributed by atoms with Crippen LogP contribution in [-0.4, -0.2) is 22.2 Å². The lowest BCUT2D eigenvalue weighted by Crippen LogP contribution is -2.13. The van der Waals surface area contributed by atoms with E-state index in [4.69, 9.17) is 5.73 Å². The molecule has 1 rings (SSSR count). The second kappa shape index (κ2) is 2.30. The molecule has 0 fully saturated rings. The van der Waals surface area contributed by atoms with Crippen LogP contribution in [0.3, 0.4) is 0 Å². The predicted octanol–water partition coefficient (Wildman–Crippen LogP) is -0.679. The van der Waals surface area contributed by atoms with Crippen LogP contribution in [0.25, 0.3) is 0 Å². The monoisotopic (exact) mass is 139 g/mol. The minimum atomic E-state index is -0.705. The van der Waals surface area contributed by atoms with Gasteiger partial charge in [-0.05, 0) is 0 Å². The summed E-state index contributed by atoms with van der Waals surface area (Å²) in [4.78, 5) is 26.5. The van der Waals surface area contributed by atoms with Crippen molar-refractivity contribution in [1.82, 2.24) is 9.97 Å². The first kappa shape index (κ1) is 6.47. The number of hydrogen-bond acceptors (Lipinski definition) is 3. The number of H-pyrrole nitrogens is 1. The van der Waals surface area contributed by atoms with Crippen LogP contribution >= 0.6 is 0 Å². The molecule has 0 radical (unpaired) electrons. The lowest BCUT2D eigenvalue weighted by molar-refractivity contribution is 0.0988. The first-order chi connectivity index (χ1) is 4.75. The minimum absolute atomic E-state index is 0.0185. The van der Waals surface area contributed by atoms with Crippen molar-refractivity contribution < 1.29 is 9.59 Å². The standard InChI is InChI=1S/C5H5N3O2/c6-5(10)4-3(1-9)7-2-8-4/h1-2H,(H2,6,10)(H,7,8). The molecule has 0 saturated heterocycles. The minimum Gasteiger partial charge on any atom is -0.364 e. The van der Waals surface area contributed by atoms with Crippen molar-refractivity contribution in [2.45, 2.75) is 0 Å². The summed E-state index contributed by atoms with van der Waals surface area (Å²) in [6.07, 6.45) is 1.73. The Kier molecular flexibility index (Phi) is 1.49. The molecular formula is C5H5N3O2. The van der Waals surface area contributed by atoms with Crippen molar-refractivity contribution in [1.29, 1.82) is 0 Å². The highest BCUT2D eigenvalue weighted by Gasteiger charge is 2.08. The van der Waals surface area contributed by atoms with E-state index >= 15 is 0 Å². The van der Waals surface area contributed by atoms with E-state index in [2.05, 4.69) is 9.97 Å². The van der Waals surface area contributed by atoms with Crippen molar-refractivity contribution in [2.75, 3.05) is 0 Å². The van der Waals surface area contributed by atoms with E-state index in [0.717, 1.165) is 0 Å². The molecule has 1 aromatic heterocycles. The van der Waals surface area contributed by atoms with Crippen molar-refractivity contribution in [3.05, 3.63) is 17.7 Å². The Balaban J connectivity index is 3.13. The summed E-state index contributed by atoms with van der Waals surface area (Å²) >= 11 is 0. The van der Waals surface area contributed by atoms with Crippen LogP contribution in [0, 0.1) is 0 Å². The molecule has 5 nitrogen and oxygen atoms in total. The van der Waals surface area contributed by atoms with E-state index < -0.39 is 5.91 Å². The SMILES string of the molecule is NC(=O)c1nc[nH]c1C=O. The number of hydrogen-bond donors (Lipinski definition) is 2. The fourth-order valence-electron chi connectivity index (χ4n) is 0.590. The van der Waals surface area contributed by atoms with Gasteiger partial charge in [0.2, 0.25) is 0 Å². The molecule has 0 spiro atoms. The van der Waals surface area contributed by atoms with Gasteiger partial charge in [-0.25, -0.2) is 4.98 Å². The smallest absolute Gasteiger partial charge is 0.269 e. The van der Waals surface area contributed by atoms with Crippen LogP contribution in [0.2, 0.25) is 0 Å². The second-order valence-corrected chi connectivity index (χ2v) is 1.65. The average Bonchev–Trinajstić information content (AvgIpc) is 2.33. The molecule has 0 saturated carbocycles. The summed E-state index contributed by atoms with van der Waals surface area (Å²) in [7, 11) is 0. The number of aromatic amines is 1. The lowest BCUT2D eigenvalue weighted by Gasteiger charge is -1.85. The van der Waals surface area contributed by atoms with Crippen molar-refractivity contribution in [3.63, 3.8) is 0 Å². The second-order valence-electron chi connectivity index (χ2n) is 1.65. The molecule has 0 unspecified atom stereocenters. The number of amides is 1. The van der Waals surface area contributed by atoms with Gasteiger partial charge < -0.3 is 10.7 Å². The molecule has 5 heteroatoms. The van der Waals surface area contributed by atoms with Gasteiger partial charge in [0.1, 0.15) is 5.69 Å². The zero-order chi connectivity index (χ0) is 7.56. The first-order valence-corrected chi connectivity index (χ1v) is 2.54. The van der Waals surface area contributed by atoms with Crippen LogP contribution in [0.15, 0.2) is 6.33 Å². The predicted molar refractivity (Wildman–Crippen MR) is 32.5 cm³/mol. The molecule has 0 aliphatic carbocycles. The molecule has 0 aliphatic rings. The first-order valence-electron chi connectivity index (χ1n) is 2.54. The number of nitrogens with zero attached hydrogens (tertiary/aromatic N) is 1. The van der Waals surface area contributed by atoms with Gasteiger partial charge in [0, 0.05) is 0 Å². The third-order valence-electron chi connectivity index (χ3n) is 1.02. The Morgan fingerprint density at radius 2 is 2.50 bits per heavy atom. The molecule has 3 N–H and O–H groups in total. The van der Waals surface area contributed by atoms with E-state index in [-0.39, 0.29) is 11.4 Å². The van der Waals surface area contributed by atoms with E-state index in [1.54, 1.807) is 0 Å². The summed E-state index contributed by atoms with van der Waals surface area (Å²) in [5.74, 6) is -0.705. The molecule has 1 amide bonds. The van der Waals surface area contributed by atoms with Gasteiger partial charge in [-0.1, -0.05) is 0 Å². The van der Waals surface area contributed by atoms with Gasteiger partial charge in [0.05, 0.1) is 6.33 Å². The van der Waals surface area contributed by atoms with Crippen LogP contribution in [-0.2, 0) is 0 Å². The number of carbonyl (C=O) groups is 2. The maximum atomic E-state index is 10.4. The summed E-state index contributed by atoms with van der Waals surface area (Å²) in [6.45, 7) is 0. The molecule has 0 aliphatic heterocycles. The Hall–Kier alpha value is -1.65. The number of aromatic nitrogens is 2. The average molecular weight is 139 g/mol. The van der Waals surface area contributed by atoms with Gasteiger partial charge >= 0.3 is 0 Å². The summed E-state index contributed by atoms with van der Waals surface area (Å²) in [6, 6.07) is 0. The highest BCUT2D eigenvalue weighted by atomic mass is 16.1. The van der Waals surface area contributed by atoms with E-state index in [1.807, 2.05) is 0 Å². The number of nitrogens with one attached hydrogen (secondary N) is 1. The van der Waals surface area contributed by atoms with Crippen molar-refractivity contribution >= 4 is 12.2 Å². The van der Waals surface area contributed by atoms with Crippen LogP contribution < -0.4 is 5.73 Å². The molecule has 10 heavy (non-hydrogen) atoms. The highest BCUT2D eigenvalue weighted by molar-refractivity contribution is 5.97. The number of nitrogens with two attached hydrogens (primary N) is 1. The Morgan fingerprint density at radius 3 is 2.90 bits per heavy atom. The quantitative estimate of drug-likeness (QED) is 0.532. The summed E-state index contributed by atoms with van der Waals surface area (Å²) in [5, 5.41) is 0. The van der Waals surface area contributed by atoms with Crippen molar-refractivity contribution in [3.8, 4) is 0 Å². The fraction of sp³-hybridized carbons (Fsp3) is 0. The molecule has 52 valence electrons. The third-order valence-corrected chi connectivity index (χ3v) is 1.02. The Morgan fingerprint density at radius 1 is 1.80 bits per heavy atom. The Labute approximate surface area is 56.3 Å². The maximum Gasteiger partial charge on any atom is 0.269 e. The number of aldehydes is 1. The van der Waals surface area contributed by atoms with Crippen LogP contribution in [0.1, 0.15) is 21.0 Å². The summed E-state index contributed by atoms with van der Waals surface area (Å²) < 4.78 is 0. The lowest BCUT2D eigenvalue weighted by atomic mass is 10.3. The van der Waals surface area contributed by atoms with Crippen LogP contribution in [0.5, 0.6) is 0 Å². The third kappa shape index (κ3) is 0.883. The summed E-state index contributed by atoms with van der Waals surface area (Å²) in [5.41, 5.74) is 4.95. The van der Waals surface area contributed by atoms with Crippen LogP contribution in [0.4, 0.5) is 0 Å². The maximum absolute atomic E-state index is 10.4. The van der Waals surface area contributed by atoms with E-state index in [0.29, 0.717) is 6.29 Å². The number of imidazole rings is 1. The van der Waals surface area contributed by atoms with Gasteiger partial charge in [0.25, 0.3) is 5.91 Å². The van der Waals surface area contributed by atoms with E-state index in [1.165, 1.54) is 6.33 Å². The van der Waals surface area contributed by atoms with E-state index in [9.17, 15) is 9.59 Å². The van der Waals surface area contributed by atoms with Gasteiger partial charge in [-0.2, -0.15) is 0 Å². The molecule has 1 aromatic rings. The van der Waals surface area contributed by atoms with Crippen molar-refractivity contribution in [2.24, 2.45) is 5.73 Å². The number of carbonyl (C=O) groups excluding carboxylic acids is 2. The van der Waals surface area contributed by atoms with Gasteiger partial charge in [0.15, 0.2) is 12.0 Å². The zero-order valence-corrected chi connectivity index (χ0v) is 5.00.